The number of hydrogen-bond donors (Lipinski definition) is 1. The van der Waals surface area contributed by atoms with Gasteiger partial charge < -0.3 is 15.4 Å². The number of halogens is 1. The van der Waals surface area contributed by atoms with Crippen LogP contribution in [0.2, 0.25) is 5.02 Å². The number of amides is 1. The van der Waals surface area contributed by atoms with Crippen LogP contribution in [0.15, 0.2) is 18.2 Å². The maximum atomic E-state index is 12.8. The van der Waals surface area contributed by atoms with Crippen LogP contribution in [0.5, 0.6) is 5.75 Å². The van der Waals surface area contributed by atoms with Gasteiger partial charge in [0.15, 0.2) is 0 Å². The summed E-state index contributed by atoms with van der Waals surface area (Å²) in [5.41, 5.74) is 5.88. The Hall–Kier alpha value is -1.31. The largest absolute Gasteiger partial charge is 0.493 e. The molecule has 0 aromatic heterocycles. The van der Waals surface area contributed by atoms with Crippen molar-refractivity contribution in [3.63, 3.8) is 0 Å². The summed E-state index contributed by atoms with van der Waals surface area (Å²) in [5, 5.41) is 0.487. The summed E-state index contributed by atoms with van der Waals surface area (Å²) < 4.78 is 28.7. The molecule has 0 radical (unpaired) electrons. The van der Waals surface area contributed by atoms with E-state index in [1.807, 2.05) is 0 Å². The Balaban J connectivity index is 2.13. The minimum atomic E-state index is -2.96. The fourth-order valence-corrected chi connectivity index (χ4v) is 4.31. The number of rotatable bonds is 6. The van der Waals surface area contributed by atoms with Crippen LogP contribution in [0.1, 0.15) is 29.6 Å². The molecule has 0 saturated carbocycles. The van der Waals surface area contributed by atoms with E-state index in [1.54, 1.807) is 30.1 Å². The van der Waals surface area contributed by atoms with Crippen molar-refractivity contribution in [2.75, 3.05) is 31.7 Å². The topological polar surface area (TPSA) is 89.7 Å². The van der Waals surface area contributed by atoms with Crippen molar-refractivity contribution in [2.45, 2.75) is 25.3 Å². The molecule has 2 rings (SSSR count). The molecule has 2 N–H and O–H groups in total. The number of ether oxygens (including phenoxy) is 1. The standard InChI is InChI=1S/C16H23ClN2O4S/c1-19(13-5-9-24(21,22)10-6-13)16(20)14-4-3-12(17)11-15(14)23-8-2-7-18/h3-4,11,13H,2,5-10,18H2,1H3. The molecular weight excluding hydrogens is 352 g/mol. The van der Waals surface area contributed by atoms with Crippen molar-refractivity contribution in [3.05, 3.63) is 28.8 Å². The van der Waals surface area contributed by atoms with E-state index in [0.29, 0.717) is 48.7 Å². The highest BCUT2D eigenvalue weighted by Crippen LogP contribution is 2.27. The summed E-state index contributed by atoms with van der Waals surface area (Å²) in [7, 11) is -1.26. The molecule has 1 saturated heterocycles. The predicted molar refractivity (Wildman–Crippen MR) is 94.4 cm³/mol. The second-order valence-electron chi connectivity index (χ2n) is 5.93. The SMILES string of the molecule is CN(C(=O)c1ccc(Cl)cc1OCCCN)C1CCS(=O)(=O)CC1. The van der Waals surface area contributed by atoms with Gasteiger partial charge in [0.05, 0.1) is 23.7 Å². The van der Waals surface area contributed by atoms with Gasteiger partial charge in [-0.2, -0.15) is 0 Å². The number of nitrogens with two attached hydrogens (primary N) is 1. The normalized spacial score (nSPS) is 17.5. The van der Waals surface area contributed by atoms with Gasteiger partial charge in [-0.3, -0.25) is 4.79 Å². The lowest BCUT2D eigenvalue weighted by atomic mass is 10.1. The number of nitrogens with zero attached hydrogens (tertiary/aromatic N) is 1. The molecule has 1 aromatic carbocycles. The summed E-state index contributed by atoms with van der Waals surface area (Å²) in [6.45, 7) is 0.906. The number of carbonyl (C=O) groups excluding carboxylic acids is 1. The van der Waals surface area contributed by atoms with Gasteiger partial charge >= 0.3 is 0 Å². The molecule has 0 aliphatic carbocycles. The van der Waals surface area contributed by atoms with Gasteiger partial charge in [0.2, 0.25) is 0 Å². The highest BCUT2D eigenvalue weighted by Gasteiger charge is 2.30. The Labute approximate surface area is 147 Å². The number of carbonyl (C=O) groups is 1. The number of hydrogen-bond acceptors (Lipinski definition) is 5. The zero-order chi connectivity index (χ0) is 17.7. The molecule has 1 heterocycles. The Morgan fingerprint density at radius 2 is 2.04 bits per heavy atom. The van der Waals surface area contributed by atoms with Gasteiger partial charge in [0, 0.05) is 18.1 Å². The van der Waals surface area contributed by atoms with Crippen molar-refractivity contribution < 1.29 is 17.9 Å². The van der Waals surface area contributed by atoms with Crippen LogP contribution in [0, 0.1) is 0 Å². The summed E-state index contributed by atoms with van der Waals surface area (Å²) >= 11 is 6.00. The zero-order valence-corrected chi connectivity index (χ0v) is 15.3. The maximum absolute atomic E-state index is 12.8. The summed E-state index contributed by atoms with van der Waals surface area (Å²) in [5.74, 6) is 0.473. The molecule has 0 spiro atoms. The molecule has 0 atom stereocenters. The van der Waals surface area contributed by atoms with Gasteiger partial charge in [-0.15, -0.1) is 0 Å². The predicted octanol–water partition coefficient (Wildman–Crippen LogP) is 1.72. The van der Waals surface area contributed by atoms with E-state index >= 15 is 0 Å². The Kier molecular flexibility index (Phi) is 6.48. The van der Waals surface area contributed by atoms with Gasteiger partial charge in [0.25, 0.3) is 5.91 Å². The van der Waals surface area contributed by atoms with Crippen molar-refractivity contribution in [3.8, 4) is 5.75 Å². The second kappa shape index (κ2) is 8.18. The van der Waals surface area contributed by atoms with Gasteiger partial charge in [-0.05, 0) is 44.0 Å². The average Bonchev–Trinajstić information content (AvgIpc) is 2.54. The Bertz CT molecular complexity index is 679. The maximum Gasteiger partial charge on any atom is 0.257 e. The minimum absolute atomic E-state index is 0.0893. The summed E-state index contributed by atoms with van der Waals surface area (Å²) in [4.78, 5) is 14.4. The average molecular weight is 375 g/mol. The first kappa shape index (κ1) is 19.0. The third kappa shape index (κ3) is 4.84. The molecule has 24 heavy (non-hydrogen) atoms. The zero-order valence-electron chi connectivity index (χ0n) is 13.7. The van der Waals surface area contributed by atoms with Crippen LogP contribution in [0.4, 0.5) is 0 Å². The first-order valence-electron chi connectivity index (χ1n) is 7.94. The van der Waals surface area contributed by atoms with E-state index in [4.69, 9.17) is 22.1 Å². The van der Waals surface area contributed by atoms with Gasteiger partial charge in [-0.1, -0.05) is 11.6 Å². The lowest BCUT2D eigenvalue weighted by Gasteiger charge is -2.31. The van der Waals surface area contributed by atoms with E-state index in [1.165, 1.54) is 0 Å². The fourth-order valence-electron chi connectivity index (χ4n) is 2.68. The molecule has 0 bridgehead atoms. The molecular formula is C16H23ClN2O4S. The molecule has 8 heteroatoms. The van der Waals surface area contributed by atoms with Crippen LogP contribution < -0.4 is 10.5 Å². The lowest BCUT2D eigenvalue weighted by molar-refractivity contribution is 0.0717. The third-order valence-corrected chi connectivity index (χ3v) is 6.12. The monoisotopic (exact) mass is 374 g/mol. The van der Waals surface area contributed by atoms with E-state index in [-0.39, 0.29) is 23.5 Å². The molecule has 0 unspecified atom stereocenters. The van der Waals surface area contributed by atoms with Crippen LogP contribution in [0.25, 0.3) is 0 Å². The van der Waals surface area contributed by atoms with Crippen LogP contribution in [0.3, 0.4) is 0 Å². The highest BCUT2D eigenvalue weighted by atomic mass is 35.5. The summed E-state index contributed by atoms with van der Waals surface area (Å²) in [6, 6.07) is 4.81. The van der Waals surface area contributed by atoms with Crippen molar-refractivity contribution in [2.24, 2.45) is 5.73 Å². The van der Waals surface area contributed by atoms with Crippen molar-refractivity contribution in [1.82, 2.24) is 4.90 Å². The quantitative estimate of drug-likeness (QED) is 0.765. The van der Waals surface area contributed by atoms with Gasteiger partial charge in [0.1, 0.15) is 15.6 Å². The van der Waals surface area contributed by atoms with Crippen LogP contribution in [-0.2, 0) is 9.84 Å². The fraction of sp³-hybridized carbons (Fsp3) is 0.562. The molecule has 134 valence electrons. The summed E-state index contributed by atoms with van der Waals surface area (Å²) in [6.07, 6.45) is 1.60. The molecule has 1 aliphatic heterocycles. The molecule has 1 aromatic rings. The van der Waals surface area contributed by atoms with E-state index in [9.17, 15) is 13.2 Å². The lowest BCUT2D eigenvalue weighted by Crippen LogP contribution is -2.42. The van der Waals surface area contributed by atoms with Crippen molar-refractivity contribution in [1.29, 1.82) is 0 Å². The number of sulfone groups is 1. The molecule has 6 nitrogen and oxygen atoms in total. The van der Waals surface area contributed by atoms with Crippen LogP contribution in [-0.4, -0.2) is 57.0 Å². The molecule has 1 amide bonds. The number of benzene rings is 1. The van der Waals surface area contributed by atoms with E-state index in [2.05, 4.69) is 0 Å². The first-order chi connectivity index (χ1) is 11.3. The Morgan fingerprint density at radius 3 is 2.67 bits per heavy atom. The van der Waals surface area contributed by atoms with E-state index < -0.39 is 9.84 Å². The Morgan fingerprint density at radius 1 is 1.38 bits per heavy atom. The van der Waals surface area contributed by atoms with E-state index in [0.717, 1.165) is 0 Å². The third-order valence-electron chi connectivity index (χ3n) is 4.17. The first-order valence-corrected chi connectivity index (χ1v) is 10.1. The van der Waals surface area contributed by atoms with Crippen molar-refractivity contribution >= 4 is 27.3 Å². The minimum Gasteiger partial charge on any atom is -0.493 e. The molecule has 1 aliphatic rings. The van der Waals surface area contributed by atoms with Crippen LogP contribution >= 0.6 is 11.6 Å². The molecule has 1 fully saturated rings. The van der Waals surface area contributed by atoms with Gasteiger partial charge in [-0.25, -0.2) is 8.42 Å². The smallest absolute Gasteiger partial charge is 0.257 e. The second-order valence-corrected chi connectivity index (χ2v) is 8.67. The highest BCUT2D eigenvalue weighted by molar-refractivity contribution is 7.91.